The minimum atomic E-state index is -2.64. The van der Waals surface area contributed by atoms with Crippen LogP contribution < -0.4 is 0 Å². The molecule has 0 radical (unpaired) electrons. The number of carbonyl (C=O) groups excluding carboxylic acids is 1. The van der Waals surface area contributed by atoms with E-state index in [2.05, 4.69) is 15.1 Å². The summed E-state index contributed by atoms with van der Waals surface area (Å²) >= 11 is 0. The third-order valence-electron chi connectivity index (χ3n) is 4.51. The number of hydrogen-bond acceptors (Lipinski definition) is 4. The molecule has 8 heteroatoms. The highest BCUT2D eigenvalue weighted by atomic mass is 19.3. The van der Waals surface area contributed by atoms with Crippen LogP contribution in [0.1, 0.15) is 41.9 Å². The van der Waals surface area contributed by atoms with Gasteiger partial charge in [0, 0.05) is 32.2 Å². The highest BCUT2D eigenvalue weighted by Crippen LogP contribution is 2.22. The molecule has 1 N–H and O–H groups in total. The second-order valence-corrected chi connectivity index (χ2v) is 6.07. The van der Waals surface area contributed by atoms with Gasteiger partial charge in [-0.15, -0.1) is 0 Å². The molecule has 2 saturated heterocycles. The number of ether oxygens (including phenoxy) is 1. The monoisotopic (exact) mass is 328 g/mol. The Kier molecular flexibility index (Phi) is 5.22. The third-order valence-corrected chi connectivity index (χ3v) is 4.51. The molecule has 0 aromatic carbocycles. The Bertz CT molecular complexity index is 531. The van der Waals surface area contributed by atoms with Crippen LogP contribution in [0.25, 0.3) is 0 Å². The molecule has 0 aliphatic carbocycles. The van der Waals surface area contributed by atoms with Gasteiger partial charge in [-0.2, -0.15) is 5.10 Å². The highest BCUT2D eigenvalue weighted by molar-refractivity contribution is 5.92. The van der Waals surface area contributed by atoms with Gasteiger partial charge in [0.25, 0.3) is 12.3 Å². The molecule has 3 rings (SSSR count). The molecule has 128 valence electrons. The van der Waals surface area contributed by atoms with Crippen molar-refractivity contribution >= 4 is 5.91 Å². The number of nitrogens with zero attached hydrogens (tertiary/aromatic N) is 3. The van der Waals surface area contributed by atoms with E-state index in [0.717, 1.165) is 58.2 Å². The minimum absolute atomic E-state index is 0.0779. The molecule has 0 spiro atoms. The molecule has 23 heavy (non-hydrogen) atoms. The van der Waals surface area contributed by atoms with Crippen molar-refractivity contribution in [1.29, 1.82) is 0 Å². The van der Waals surface area contributed by atoms with E-state index in [1.165, 1.54) is 0 Å². The first-order valence-corrected chi connectivity index (χ1v) is 8.09. The van der Waals surface area contributed by atoms with Crippen molar-refractivity contribution in [2.24, 2.45) is 0 Å². The summed E-state index contributed by atoms with van der Waals surface area (Å²) in [6.07, 6.45) is 0.323. The first-order valence-electron chi connectivity index (χ1n) is 8.09. The molecule has 2 fully saturated rings. The molecule has 2 aliphatic rings. The minimum Gasteiger partial charge on any atom is -0.379 e. The van der Waals surface area contributed by atoms with Crippen LogP contribution in [0.3, 0.4) is 0 Å². The van der Waals surface area contributed by atoms with Crippen molar-refractivity contribution in [2.75, 3.05) is 39.4 Å². The first kappa shape index (κ1) is 16.3. The number of hydrogen-bond donors (Lipinski definition) is 1. The fourth-order valence-electron chi connectivity index (χ4n) is 3.24. The lowest BCUT2D eigenvalue weighted by molar-refractivity contribution is 0.0164. The first-order chi connectivity index (χ1) is 11.1. The molecule has 3 heterocycles. The Morgan fingerprint density at radius 3 is 2.83 bits per heavy atom. The standard InChI is InChI=1S/C15H22F2N4O2/c16-14(17)12-9-13(19-18-12)15(22)21-4-2-1-3-11(21)10-20-5-7-23-8-6-20/h9,11,14H,1-8,10H2,(H,18,19)/t11-/m1/s1. The van der Waals surface area contributed by atoms with Gasteiger partial charge in [0.2, 0.25) is 0 Å². The van der Waals surface area contributed by atoms with Gasteiger partial charge in [0.05, 0.1) is 13.2 Å². The number of halogens is 2. The van der Waals surface area contributed by atoms with Gasteiger partial charge in [-0.05, 0) is 25.3 Å². The van der Waals surface area contributed by atoms with Gasteiger partial charge in [-0.25, -0.2) is 8.78 Å². The van der Waals surface area contributed by atoms with Crippen LogP contribution in [-0.4, -0.2) is 71.3 Å². The molecule has 1 aromatic rings. The van der Waals surface area contributed by atoms with Crippen molar-refractivity contribution in [1.82, 2.24) is 20.0 Å². The molecule has 2 aliphatic heterocycles. The molecule has 0 unspecified atom stereocenters. The molecule has 1 amide bonds. The summed E-state index contributed by atoms with van der Waals surface area (Å²) in [4.78, 5) is 16.7. The largest absolute Gasteiger partial charge is 0.379 e. The van der Waals surface area contributed by atoms with Crippen LogP contribution >= 0.6 is 0 Å². The normalized spacial score (nSPS) is 23.4. The number of alkyl halides is 2. The van der Waals surface area contributed by atoms with Crippen molar-refractivity contribution in [3.8, 4) is 0 Å². The summed E-state index contributed by atoms with van der Waals surface area (Å²) in [5.41, 5.74) is -0.232. The van der Waals surface area contributed by atoms with Crippen molar-refractivity contribution in [3.63, 3.8) is 0 Å². The number of rotatable bonds is 4. The maximum Gasteiger partial charge on any atom is 0.279 e. The zero-order chi connectivity index (χ0) is 16.2. The fourth-order valence-corrected chi connectivity index (χ4v) is 3.24. The highest BCUT2D eigenvalue weighted by Gasteiger charge is 2.31. The number of morpholine rings is 1. The predicted octanol–water partition coefficient (Wildman–Crippen LogP) is 1.67. The number of aromatic amines is 1. The Morgan fingerprint density at radius 2 is 2.13 bits per heavy atom. The van der Waals surface area contributed by atoms with E-state index < -0.39 is 6.43 Å². The molecule has 0 bridgehead atoms. The Labute approximate surface area is 133 Å². The third kappa shape index (κ3) is 3.87. The second-order valence-electron chi connectivity index (χ2n) is 6.07. The SMILES string of the molecule is O=C(c1cc(C(F)F)[nH]n1)N1CCCC[C@@H]1CN1CCOCC1. The van der Waals surface area contributed by atoms with E-state index in [1.807, 2.05) is 0 Å². The van der Waals surface area contributed by atoms with Gasteiger partial charge < -0.3 is 9.64 Å². The van der Waals surface area contributed by atoms with Gasteiger partial charge in [0.15, 0.2) is 5.69 Å². The summed E-state index contributed by atoms with van der Waals surface area (Å²) in [6.45, 7) is 4.65. The van der Waals surface area contributed by atoms with E-state index in [9.17, 15) is 13.6 Å². The molecule has 6 nitrogen and oxygen atoms in total. The van der Waals surface area contributed by atoms with Crippen molar-refractivity contribution in [2.45, 2.75) is 31.7 Å². The van der Waals surface area contributed by atoms with Crippen LogP contribution in [0.15, 0.2) is 6.07 Å². The summed E-state index contributed by atoms with van der Waals surface area (Å²) < 4.78 is 30.7. The zero-order valence-electron chi connectivity index (χ0n) is 13.0. The Morgan fingerprint density at radius 1 is 1.35 bits per heavy atom. The summed E-state index contributed by atoms with van der Waals surface area (Å²) in [5.74, 6) is -0.258. The second kappa shape index (κ2) is 7.35. The van der Waals surface area contributed by atoms with E-state index in [4.69, 9.17) is 4.74 Å². The van der Waals surface area contributed by atoms with E-state index >= 15 is 0 Å². The topological polar surface area (TPSA) is 61.5 Å². The van der Waals surface area contributed by atoms with Crippen molar-refractivity contribution in [3.05, 3.63) is 17.5 Å². The van der Waals surface area contributed by atoms with Crippen LogP contribution in [0.5, 0.6) is 0 Å². The number of amides is 1. The average molecular weight is 328 g/mol. The van der Waals surface area contributed by atoms with E-state index in [-0.39, 0.29) is 23.3 Å². The summed E-state index contributed by atoms with van der Waals surface area (Å²) in [6, 6.07) is 1.27. The number of H-pyrrole nitrogens is 1. The van der Waals surface area contributed by atoms with Gasteiger partial charge >= 0.3 is 0 Å². The quantitative estimate of drug-likeness (QED) is 0.913. The number of aromatic nitrogens is 2. The summed E-state index contributed by atoms with van der Waals surface area (Å²) in [7, 11) is 0. The van der Waals surface area contributed by atoms with Gasteiger partial charge in [-0.3, -0.25) is 14.8 Å². The molecule has 0 saturated carbocycles. The smallest absolute Gasteiger partial charge is 0.279 e. The zero-order valence-corrected chi connectivity index (χ0v) is 13.0. The number of nitrogens with one attached hydrogen (secondary N) is 1. The lowest BCUT2D eigenvalue weighted by Gasteiger charge is -2.39. The van der Waals surface area contributed by atoms with Crippen LogP contribution in [-0.2, 0) is 4.74 Å². The number of carbonyl (C=O) groups is 1. The summed E-state index contributed by atoms with van der Waals surface area (Å²) in [5, 5.41) is 6.01. The Balaban J connectivity index is 1.67. The molecular weight excluding hydrogens is 306 g/mol. The van der Waals surface area contributed by atoms with Gasteiger partial charge in [-0.1, -0.05) is 0 Å². The number of likely N-dealkylation sites (tertiary alicyclic amines) is 1. The fraction of sp³-hybridized carbons (Fsp3) is 0.733. The molecular formula is C15H22F2N4O2. The average Bonchev–Trinajstić information content (AvgIpc) is 3.06. The van der Waals surface area contributed by atoms with Crippen LogP contribution in [0, 0.1) is 0 Å². The van der Waals surface area contributed by atoms with Gasteiger partial charge in [0.1, 0.15) is 5.69 Å². The maximum atomic E-state index is 12.7. The Hall–Kier alpha value is -1.54. The maximum absolute atomic E-state index is 12.7. The lowest BCUT2D eigenvalue weighted by atomic mass is 10.0. The van der Waals surface area contributed by atoms with E-state index in [1.54, 1.807) is 4.90 Å². The van der Waals surface area contributed by atoms with E-state index in [0.29, 0.717) is 6.54 Å². The van der Waals surface area contributed by atoms with Crippen molar-refractivity contribution < 1.29 is 18.3 Å². The lowest BCUT2D eigenvalue weighted by Crippen LogP contribution is -2.51. The van der Waals surface area contributed by atoms with Crippen LogP contribution in [0.4, 0.5) is 8.78 Å². The molecule has 1 aromatic heterocycles. The number of piperidine rings is 1. The predicted molar refractivity (Wildman–Crippen MR) is 79.5 cm³/mol. The molecule has 1 atom stereocenters. The van der Waals surface area contributed by atoms with Crippen LogP contribution in [0.2, 0.25) is 0 Å².